The average molecular weight is 927 g/mol. The monoisotopic (exact) mass is 926 g/mol. The highest BCUT2D eigenvalue weighted by Gasteiger charge is 2.23. The zero-order chi connectivity index (χ0) is 49.5. The second-order valence-corrected chi connectivity index (χ2v) is 20.3. The van der Waals surface area contributed by atoms with Crippen LogP contribution in [-0.4, -0.2) is 14.1 Å². The topological polar surface area (TPSA) is 46.5 Å². The molecule has 0 unspecified atom stereocenters. The Hall–Kier alpha value is -8.78. The summed E-state index contributed by atoms with van der Waals surface area (Å²) in [5, 5.41) is 15.2. The number of aryl methyl sites for hydroxylation is 8. The quantitative estimate of drug-likeness (QED) is 0.160. The molecule has 346 valence electrons. The molecular weight excluding hydrogens is 873 g/mol. The van der Waals surface area contributed by atoms with E-state index in [1.165, 1.54) is 89.0 Å². The number of rotatable bonds is 7. The Morgan fingerprint density at radius 3 is 1.00 bits per heavy atom. The van der Waals surface area contributed by atoms with Crippen molar-refractivity contribution in [1.29, 1.82) is 5.26 Å². The lowest BCUT2D eigenvalue weighted by Crippen LogP contribution is -2.03. The van der Waals surface area contributed by atoms with Crippen molar-refractivity contribution >= 4 is 43.6 Å². The Morgan fingerprint density at radius 2 is 0.667 bits per heavy atom. The van der Waals surface area contributed by atoms with Gasteiger partial charge in [0.2, 0.25) is 0 Å². The first-order valence-electron chi connectivity index (χ1n) is 24.9. The van der Waals surface area contributed by atoms with Crippen LogP contribution < -0.4 is 0 Å². The van der Waals surface area contributed by atoms with Crippen LogP contribution in [0.1, 0.15) is 50.1 Å². The second-order valence-electron chi connectivity index (χ2n) is 20.3. The number of fused-ring (bicyclic) bond motifs is 6. The molecule has 0 aliphatic carbocycles. The van der Waals surface area contributed by atoms with Gasteiger partial charge in [0, 0.05) is 33.3 Å². The van der Waals surface area contributed by atoms with E-state index >= 15 is 0 Å². The Balaban J connectivity index is 1.12. The molecule has 0 radical (unpaired) electrons. The molecule has 4 heteroatoms. The number of hydrogen-bond donors (Lipinski definition) is 0. The van der Waals surface area contributed by atoms with Crippen molar-refractivity contribution < 1.29 is 0 Å². The number of nitrogens with zero attached hydrogens (tertiary/aromatic N) is 4. The van der Waals surface area contributed by atoms with Gasteiger partial charge in [-0.15, -0.1) is 0 Å². The number of pyridine rings is 1. The summed E-state index contributed by atoms with van der Waals surface area (Å²) in [5.74, 6) is 0. The van der Waals surface area contributed by atoms with Crippen LogP contribution in [0.25, 0.3) is 111 Å². The van der Waals surface area contributed by atoms with Crippen LogP contribution in [0.15, 0.2) is 182 Å². The fourth-order valence-electron chi connectivity index (χ4n) is 11.6. The molecule has 12 aromatic rings. The fourth-order valence-corrected chi connectivity index (χ4v) is 11.6. The zero-order valence-corrected chi connectivity index (χ0v) is 42.1. The molecule has 0 atom stereocenters. The number of aromatic nitrogens is 3. The van der Waals surface area contributed by atoms with Crippen molar-refractivity contribution in [3.8, 4) is 73.2 Å². The first kappa shape index (κ1) is 44.4. The van der Waals surface area contributed by atoms with Crippen LogP contribution >= 0.6 is 0 Å². The maximum Gasteiger partial charge on any atom is 0.0991 e. The summed E-state index contributed by atoms with van der Waals surface area (Å²) in [6.07, 6.45) is 1.88. The van der Waals surface area contributed by atoms with Crippen molar-refractivity contribution in [2.24, 2.45) is 0 Å². The van der Waals surface area contributed by atoms with Gasteiger partial charge in [-0.25, -0.2) is 0 Å². The van der Waals surface area contributed by atoms with Gasteiger partial charge < -0.3 is 9.13 Å². The van der Waals surface area contributed by atoms with E-state index in [9.17, 15) is 5.26 Å². The molecule has 0 amide bonds. The second kappa shape index (κ2) is 17.3. The van der Waals surface area contributed by atoms with E-state index in [4.69, 9.17) is 4.98 Å². The van der Waals surface area contributed by atoms with Crippen molar-refractivity contribution in [2.75, 3.05) is 0 Å². The summed E-state index contributed by atoms with van der Waals surface area (Å²) in [5.41, 5.74) is 27.9. The molecule has 0 saturated carbocycles. The third kappa shape index (κ3) is 7.75. The van der Waals surface area contributed by atoms with Crippen LogP contribution in [0.2, 0.25) is 0 Å². The van der Waals surface area contributed by atoms with Gasteiger partial charge in [0.1, 0.15) is 0 Å². The minimum atomic E-state index is 0.568. The molecular formula is C68H54N4. The molecule has 0 aliphatic heterocycles. The van der Waals surface area contributed by atoms with E-state index in [1.54, 1.807) is 0 Å². The highest BCUT2D eigenvalue weighted by atomic mass is 15.0. The molecule has 3 heterocycles. The van der Waals surface area contributed by atoms with Crippen LogP contribution in [-0.2, 0) is 0 Å². The number of hydrogen-bond acceptors (Lipinski definition) is 2. The maximum atomic E-state index is 10.6. The highest BCUT2D eigenvalue weighted by molar-refractivity contribution is 6.14. The molecule has 9 aromatic carbocycles. The van der Waals surface area contributed by atoms with Gasteiger partial charge in [-0.3, -0.25) is 4.98 Å². The summed E-state index contributed by atoms with van der Waals surface area (Å²) in [4.78, 5) is 5.29. The van der Waals surface area contributed by atoms with Gasteiger partial charge >= 0.3 is 0 Å². The Bertz CT molecular complexity index is 3970. The average Bonchev–Trinajstić information content (AvgIpc) is 3.86. The summed E-state index contributed by atoms with van der Waals surface area (Å²) >= 11 is 0. The predicted molar refractivity (Wildman–Crippen MR) is 303 cm³/mol. The zero-order valence-electron chi connectivity index (χ0n) is 42.1. The van der Waals surface area contributed by atoms with Crippen molar-refractivity contribution in [3.63, 3.8) is 0 Å². The number of benzene rings is 9. The van der Waals surface area contributed by atoms with E-state index in [0.717, 1.165) is 66.2 Å². The van der Waals surface area contributed by atoms with E-state index in [2.05, 4.69) is 228 Å². The standard InChI is InChI=1S/C68H54N4/c1-40-22-41(2)27-53(26-40)49-12-17-62-57(35-49)58-36-50(54-28-42(3)23-43(4)29-54)13-18-63(58)71(62)66-16-11-48(39-69)34-61(66)68-67(10-9-21-70-68)72-64-19-14-51(55-30-44(5)24-45(6)31-55)37-59(64)60-38-52(15-20-65(60)72)56-32-46(7)25-47(8)33-56/h9-38H,1-8H3. The van der Waals surface area contributed by atoms with Gasteiger partial charge in [-0.2, -0.15) is 5.26 Å². The Labute approximate surface area is 421 Å². The maximum absolute atomic E-state index is 10.6. The summed E-state index contributed by atoms with van der Waals surface area (Å²) in [6.45, 7) is 17.4. The van der Waals surface area contributed by atoms with Gasteiger partial charge in [0.15, 0.2) is 0 Å². The lowest BCUT2D eigenvalue weighted by atomic mass is 9.97. The van der Waals surface area contributed by atoms with Crippen molar-refractivity contribution in [3.05, 3.63) is 232 Å². The van der Waals surface area contributed by atoms with Crippen LogP contribution in [0, 0.1) is 66.7 Å². The van der Waals surface area contributed by atoms with Crippen LogP contribution in [0.3, 0.4) is 0 Å². The summed E-state index contributed by atoms with van der Waals surface area (Å²) in [7, 11) is 0. The van der Waals surface area contributed by atoms with Gasteiger partial charge in [0.05, 0.1) is 50.8 Å². The largest absolute Gasteiger partial charge is 0.309 e. The van der Waals surface area contributed by atoms with Crippen molar-refractivity contribution in [1.82, 2.24) is 14.1 Å². The van der Waals surface area contributed by atoms with Crippen molar-refractivity contribution in [2.45, 2.75) is 55.4 Å². The molecule has 0 N–H and O–H groups in total. The molecule has 0 fully saturated rings. The lowest BCUT2D eigenvalue weighted by Gasteiger charge is -2.18. The summed E-state index contributed by atoms with van der Waals surface area (Å²) < 4.78 is 4.76. The molecule has 0 aliphatic rings. The van der Waals surface area contributed by atoms with Crippen LogP contribution in [0.5, 0.6) is 0 Å². The third-order valence-corrected chi connectivity index (χ3v) is 14.4. The minimum absolute atomic E-state index is 0.568. The first-order chi connectivity index (χ1) is 34.8. The molecule has 0 saturated heterocycles. The number of nitriles is 1. The Kier molecular flexibility index (Phi) is 10.7. The van der Waals surface area contributed by atoms with E-state index < -0.39 is 0 Å². The molecule has 0 spiro atoms. The summed E-state index contributed by atoms with van der Waals surface area (Å²) in [6, 6.07) is 67.5. The molecule has 12 rings (SSSR count). The molecule has 0 bridgehead atoms. The first-order valence-corrected chi connectivity index (χ1v) is 24.9. The lowest BCUT2D eigenvalue weighted by molar-refractivity contribution is 1.13. The van der Waals surface area contributed by atoms with E-state index in [0.29, 0.717) is 5.56 Å². The Morgan fingerprint density at radius 1 is 0.333 bits per heavy atom. The molecule has 4 nitrogen and oxygen atoms in total. The van der Waals surface area contributed by atoms with Gasteiger partial charge in [-0.1, -0.05) is 142 Å². The normalized spacial score (nSPS) is 11.6. The van der Waals surface area contributed by atoms with Gasteiger partial charge in [0.25, 0.3) is 0 Å². The fraction of sp³-hybridized carbons (Fsp3) is 0.118. The smallest absolute Gasteiger partial charge is 0.0991 e. The minimum Gasteiger partial charge on any atom is -0.309 e. The van der Waals surface area contributed by atoms with E-state index in [-0.39, 0.29) is 0 Å². The van der Waals surface area contributed by atoms with E-state index in [1.807, 2.05) is 24.4 Å². The van der Waals surface area contributed by atoms with Crippen LogP contribution in [0.4, 0.5) is 0 Å². The SMILES string of the molecule is Cc1cc(C)cc(-c2ccc3c(c2)c2cc(-c4cc(C)cc(C)c4)ccc2n3-c2ccc(C#N)cc2-c2ncccc2-n2c3ccc(-c4cc(C)cc(C)c4)cc3c3cc(-c4cc(C)cc(C)c4)ccc32)c1. The van der Waals surface area contributed by atoms with Gasteiger partial charge in [-0.05, 0) is 179 Å². The third-order valence-electron chi connectivity index (χ3n) is 14.4. The highest BCUT2D eigenvalue weighted by Crippen LogP contribution is 2.44. The molecule has 72 heavy (non-hydrogen) atoms. The predicted octanol–water partition coefficient (Wildman–Crippen LogP) is 17.9. The molecule has 3 aromatic heterocycles.